The molecule has 0 aromatic heterocycles. The zero-order valence-corrected chi connectivity index (χ0v) is 10.9. The molecule has 1 aliphatic rings. The molecule has 0 aliphatic carbocycles. The van der Waals surface area contributed by atoms with Crippen molar-refractivity contribution in [2.24, 2.45) is 11.1 Å². The third-order valence-electron chi connectivity index (χ3n) is 3.15. The van der Waals surface area contributed by atoms with Crippen LogP contribution < -0.4 is 10.5 Å². The Bertz CT molecular complexity index is 480. The van der Waals surface area contributed by atoms with Gasteiger partial charge in [0.15, 0.2) is 0 Å². The molecule has 2 rings (SSSR count). The number of nitriles is 1. The van der Waals surface area contributed by atoms with E-state index in [1.165, 1.54) is 0 Å². The molecular formula is C13H15ClN2O2. The average molecular weight is 267 g/mol. The average Bonchev–Trinajstić information content (AvgIpc) is 2.31. The van der Waals surface area contributed by atoms with Crippen LogP contribution in [-0.4, -0.2) is 19.8 Å². The first-order valence-electron chi connectivity index (χ1n) is 5.80. The van der Waals surface area contributed by atoms with Crippen molar-refractivity contribution in [2.45, 2.75) is 13.0 Å². The van der Waals surface area contributed by atoms with E-state index in [0.29, 0.717) is 30.6 Å². The van der Waals surface area contributed by atoms with Gasteiger partial charge in [0.1, 0.15) is 11.2 Å². The van der Waals surface area contributed by atoms with Crippen LogP contribution in [0.25, 0.3) is 0 Å². The number of hydrogen-bond donors (Lipinski definition) is 1. The third-order valence-corrected chi connectivity index (χ3v) is 3.45. The number of benzene rings is 1. The first kappa shape index (κ1) is 13.2. The van der Waals surface area contributed by atoms with Crippen LogP contribution in [-0.2, 0) is 4.74 Å². The largest absolute Gasteiger partial charge is 0.492 e. The van der Waals surface area contributed by atoms with Gasteiger partial charge in [-0.3, -0.25) is 0 Å². The maximum absolute atomic E-state index is 9.21. The molecule has 2 N–H and O–H groups in total. The summed E-state index contributed by atoms with van der Waals surface area (Å²) in [5, 5.41) is 9.72. The van der Waals surface area contributed by atoms with Gasteiger partial charge >= 0.3 is 0 Å². The molecule has 4 nitrogen and oxygen atoms in total. The molecule has 0 bridgehead atoms. The molecule has 1 unspecified atom stereocenters. The highest BCUT2D eigenvalue weighted by Crippen LogP contribution is 2.40. The molecule has 0 spiro atoms. The van der Waals surface area contributed by atoms with Crippen molar-refractivity contribution in [1.82, 2.24) is 0 Å². The molecule has 1 aromatic carbocycles. The molecule has 0 amide bonds. The van der Waals surface area contributed by atoms with Crippen molar-refractivity contribution >= 4 is 11.6 Å². The Hall–Kier alpha value is -1.28. The van der Waals surface area contributed by atoms with E-state index in [1.54, 1.807) is 12.1 Å². The Morgan fingerprint density at radius 2 is 2.33 bits per heavy atom. The Morgan fingerprint density at radius 3 is 2.78 bits per heavy atom. The topological polar surface area (TPSA) is 68.3 Å². The van der Waals surface area contributed by atoms with Crippen LogP contribution in [0.1, 0.15) is 18.5 Å². The molecule has 1 atom stereocenters. The van der Waals surface area contributed by atoms with Crippen molar-refractivity contribution < 1.29 is 9.47 Å². The Kier molecular flexibility index (Phi) is 3.76. The van der Waals surface area contributed by atoms with Crippen molar-refractivity contribution in [3.63, 3.8) is 0 Å². The van der Waals surface area contributed by atoms with Crippen LogP contribution in [0.15, 0.2) is 18.2 Å². The van der Waals surface area contributed by atoms with Crippen LogP contribution in [0.5, 0.6) is 5.75 Å². The number of rotatable bonds is 4. The van der Waals surface area contributed by atoms with Gasteiger partial charge in [0.2, 0.25) is 0 Å². The zero-order chi connectivity index (χ0) is 13.2. The van der Waals surface area contributed by atoms with Crippen molar-refractivity contribution in [1.29, 1.82) is 5.26 Å². The number of nitrogens with zero attached hydrogens (tertiary/aromatic N) is 1. The highest BCUT2D eigenvalue weighted by Gasteiger charge is 2.45. The summed E-state index contributed by atoms with van der Waals surface area (Å²) in [6, 6.07) is 7.24. The number of hydrogen-bond acceptors (Lipinski definition) is 4. The Labute approximate surface area is 111 Å². The van der Waals surface area contributed by atoms with Crippen LogP contribution in [0.2, 0.25) is 5.02 Å². The summed E-state index contributed by atoms with van der Waals surface area (Å²) in [4.78, 5) is 0. The second-order valence-electron chi connectivity index (χ2n) is 4.36. The predicted molar refractivity (Wildman–Crippen MR) is 68.4 cm³/mol. The Balaban J connectivity index is 2.24. The number of nitrogens with two attached hydrogens (primary N) is 1. The summed E-state index contributed by atoms with van der Waals surface area (Å²) in [6.45, 7) is 3.19. The summed E-state index contributed by atoms with van der Waals surface area (Å²) >= 11 is 6.11. The van der Waals surface area contributed by atoms with Crippen LogP contribution in [0.3, 0.4) is 0 Å². The lowest BCUT2D eigenvalue weighted by Crippen LogP contribution is -2.49. The zero-order valence-electron chi connectivity index (χ0n) is 10.1. The fourth-order valence-electron chi connectivity index (χ4n) is 1.94. The fourth-order valence-corrected chi connectivity index (χ4v) is 2.18. The van der Waals surface area contributed by atoms with Crippen LogP contribution in [0, 0.1) is 16.7 Å². The van der Waals surface area contributed by atoms with Gasteiger partial charge in [-0.2, -0.15) is 5.26 Å². The standard InChI is InChI=1S/C13H15ClN2O2/c1-2-18-11-4-3-9(5-10(11)14)12(16)13(6-15)7-17-8-13/h3-5,12H,2,7-8,16H2,1H3. The van der Waals surface area contributed by atoms with E-state index < -0.39 is 11.5 Å². The van der Waals surface area contributed by atoms with E-state index in [1.807, 2.05) is 13.0 Å². The molecule has 18 heavy (non-hydrogen) atoms. The highest BCUT2D eigenvalue weighted by molar-refractivity contribution is 6.32. The maximum Gasteiger partial charge on any atom is 0.137 e. The SMILES string of the molecule is CCOc1ccc(C(N)C2(C#N)COC2)cc1Cl. The van der Waals surface area contributed by atoms with E-state index in [4.69, 9.17) is 26.8 Å². The molecule has 0 saturated carbocycles. The normalized spacial score (nSPS) is 18.6. The molecule has 0 radical (unpaired) electrons. The smallest absolute Gasteiger partial charge is 0.137 e. The van der Waals surface area contributed by atoms with Crippen LogP contribution >= 0.6 is 11.6 Å². The van der Waals surface area contributed by atoms with Gasteiger partial charge in [-0.1, -0.05) is 17.7 Å². The minimum absolute atomic E-state index is 0.371. The van der Waals surface area contributed by atoms with Crippen molar-refractivity contribution in [3.8, 4) is 11.8 Å². The maximum atomic E-state index is 9.21. The summed E-state index contributed by atoms with van der Waals surface area (Å²) in [7, 11) is 0. The van der Waals surface area contributed by atoms with Gasteiger partial charge < -0.3 is 15.2 Å². The van der Waals surface area contributed by atoms with Gasteiger partial charge in [-0.05, 0) is 24.6 Å². The lowest BCUT2D eigenvalue weighted by atomic mass is 9.77. The second kappa shape index (κ2) is 5.15. The van der Waals surface area contributed by atoms with Gasteiger partial charge in [0.05, 0.1) is 37.0 Å². The van der Waals surface area contributed by atoms with Crippen LogP contribution in [0.4, 0.5) is 0 Å². The quantitative estimate of drug-likeness (QED) is 0.908. The van der Waals surface area contributed by atoms with E-state index >= 15 is 0 Å². The molecule has 1 aliphatic heterocycles. The van der Waals surface area contributed by atoms with E-state index in [2.05, 4.69) is 6.07 Å². The summed E-state index contributed by atoms with van der Waals surface area (Å²) in [5.74, 6) is 0.631. The fraction of sp³-hybridized carbons (Fsp3) is 0.462. The molecule has 1 heterocycles. The summed E-state index contributed by atoms with van der Waals surface area (Å²) < 4.78 is 10.5. The highest BCUT2D eigenvalue weighted by atomic mass is 35.5. The van der Waals surface area contributed by atoms with Gasteiger partial charge in [0, 0.05) is 0 Å². The lowest BCUT2D eigenvalue weighted by molar-refractivity contribution is -0.0910. The molecule has 5 heteroatoms. The van der Waals surface area contributed by atoms with E-state index in [0.717, 1.165) is 5.56 Å². The summed E-state index contributed by atoms with van der Waals surface area (Å²) in [5.41, 5.74) is 6.34. The lowest BCUT2D eigenvalue weighted by Gasteiger charge is -2.39. The van der Waals surface area contributed by atoms with E-state index in [-0.39, 0.29) is 0 Å². The second-order valence-corrected chi connectivity index (χ2v) is 4.77. The predicted octanol–water partition coefficient (Wildman–Crippen LogP) is 2.28. The van der Waals surface area contributed by atoms with Crippen molar-refractivity contribution in [3.05, 3.63) is 28.8 Å². The molecule has 96 valence electrons. The monoisotopic (exact) mass is 266 g/mol. The summed E-state index contributed by atoms with van der Waals surface area (Å²) in [6.07, 6.45) is 0. The minimum atomic E-state index is -0.629. The molecular weight excluding hydrogens is 252 g/mol. The number of ether oxygens (including phenoxy) is 2. The first-order valence-corrected chi connectivity index (χ1v) is 6.17. The third kappa shape index (κ3) is 2.17. The minimum Gasteiger partial charge on any atom is -0.492 e. The molecule has 1 aromatic rings. The molecule has 1 fully saturated rings. The first-order chi connectivity index (χ1) is 8.63. The Morgan fingerprint density at radius 1 is 1.61 bits per heavy atom. The molecule has 1 saturated heterocycles. The van der Waals surface area contributed by atoms with Gasteiger partial charge in [-0.15, -0.1) is 0 Å². The van der Waals surface area contributed by atoms with Crippen molar-refractivity contribution in [2.75, 3.05) is 19.8 Å². The van der Waals surface area contributed by atoms with Gasteiger partial charge in [0.25, 0.3) is 0 Å². The number of halogens is 1. The van der Waals surface area contributed by atoms with Gasteiger partial charge in [-0.25, -0.2) is 0 Å². The van der Waals surface area contributed by atoms with E-state index in [9.17, 15) is 5.26 Å².